The van der Waals surface area contributed by atoms with Crippen LogP contribution in [0.2, 0.25) is 5.02 Å². The van der Waals surface area contributed by atoms with E-state index in [1.165, 1.54) is 18.1 Å². The van der Waals surface area contributed by atoms with Gasteiger partial charge < -0.3 is 9.15 Å². The van der Waals surface area contributed by atoms with Crippen LogP contribution in [-0.4, -0.2) is 11.9 Å². The van der Waals surface area contributed by atoms with Gasteiger partial charge in [0, 0.05) is 18.2 Å². The van der Waals surface area contributed by atoms with Crippen molar-refractivity contribution < 1.29 is 18.7 Å². The topological polar surface area (TPSA) is 59.8 Å². The molecule has 0 bridgehead atoms. The number of hydrogen-bond donors (Lipinski definition) is 0. The summed E-state index contributed by atoms with van der Waals surface area (Å²) in [6.45, 7) is 3.10. The molecule has 0 saturated carbocycles. The summed E-state index contributed by atoms with van der Waals surface area (Å²) in [7, 11) is 0. The molecule has 0 aliphatic carbocycles. The van der Waals surface area contributed by atoms with Gasteiger partial charge in [-0.05, 0) is 31.2 Å². The summed E-state index contributed by atoms with van der Waals surface area (Å²) in [5, 5.41) is 0.345. The Morgan fingerprint density at radius 2 is 1.81 bits per heavy atom. The Labute approximate surface area is 162 Å². The molecule has 1 amide bonds. The van der Waals surface area contributed by atoms with Crippen LogP contribution in [0, 0.1) is 6.92 Å². The highest BCUT2D eigenvalue weighted by molar-refractivity contribution is 6.35. The van der Waals surface area contributed by atoms with Crippen molar-refractivity contribution in [3.05, 3.63) is 82.8 Å². The van der Waals surface area contributed by atoms with Crippen LogP contribution >= 0.6 is 11.6 Å². The molecule has 2 aromatic carbocycles. The van der Waals surface area contributed by atoms with Gasteiger partial charge in [0.25, 0.3) is 5.91 Å². The molecule has 0 aliphatic rings. The van der Waals surface area contributed by atoms with Crippen molar-refractivity contribution in [2.24, 2.45) is 0 Å². The van der Waals surface area contributed by atoms with E-state index in [1.807, 2.05) is 30.3 Å². The Kier molecular flexibility index (Phi) is 5.62. The fraction of sp³-hybridized carbons (Fsp3) is 0.143. The smallest absolute Gasteiger partial charge is 0.302 e. The number of rotatable bonds is 5. The number of benzene rings is 2. The Morgan fingerprint density at radius 3 is 2.44 bits per heavy atom. The van der Waals surface area contributed by atoms with Gasteiger partial charge in [0.1, 0.15) is 12.4 Å². The Hall–Kier alpha value is -3.05. The first kappa shape index (κ1) is 18.7. The fourth-order valence-corrected chi connectivity index (χ4v) is 2.96. The molecule has 5 nitrogen and oxygen atoms in total. The van der Waals surface area contributed by atoms with Gasteiger partial charge >= 0.3 is 5.97 Å². The summed E-state index contributed by atoms with van der Waals surface area (Å²) in [4.78, 5) is 25.9. The van der Waals surface area contributed by atoms with Crippen LogP contribution in [0.5, 0.6) is 0 Å². The van der Waals surface area contributed by atoms with Crippen LogP contribution in [0.15, 0.2) is 65.3 Å². The number of esters is 1. The predicted octanol–water partition coefficient (Wildman–Crippen LogP) is 5.28. The van der Waals surface area contributed by atoms with Crippen molar-refractivity contribution in [3.8, 4) is 0 Å². The molecule has 3 rings (SSSR count). The SMILES string of the molecule is CC(=O)OCc1cccc(N(C(=O)c2ccoc2C)c2ccccc2)c1Cl. The number of nitrogens with zero attached hydrogens (tertiary/aromatic N) is 1. The molecule has 0 saturated heterocycles. The third-order valence-electron chi connectivity index (χ3n) is 4.04. The second kappa shape index (κ2) is 8.10. The Balaban J connectivity index is 2.09. The Bertz CT molecular complexity index is 965. The largest absolute Gasteiger partial charge is 0.469 e. The molecule has 6 heteroatoms. The first-order chi connectivity index (χ1) is 13.0. The number of hydrogen-bond acceptors (Lipinski definition) is 4. The quantitative estimate of drug-likeness (QED) is 0.562. The van der Waals surface area contributed by atoms with Crippen molar-refractivity contribution in [3.63, 3.8) is 0 Å². The zero-order chi connectivity index (χ0) is 19.4. The summed E-state index contributed by atoms with van der Waals surface area (Å²) in [6.07, 6.45) is 1.48. The lowest BCUT2D eigenvalue weighted by atomic mass is 10.1. The lowest BCUT2D eigenvalue weighted by Gasteiger charge is -2.25. The molecule has 0 atom stereocenters. The highest BCUT2D eigenvalue weighted by atomic mass is 35.5. The van der Waals surface area contributed by atoms with Crippen LogP contribution < -0.4 is 4.90 Å². The minimum atomic E-state index is -0.401. The van der Waals surface area contributed by atoms with Gasteiger partial charge in [0.15, 0.2) is 0 Å². The molecule has 1 heterocycles. The molecular formula is C21H18ClNO4. The van der Waals surface area contributed by atoms with E-state index in [0.29, 0.717) is 33.3 Å². The monoisotopic (exact) mass is 383 g/mol. The van der Waals surface area contributed by atoms with E-state index in [2.05, 4.69) is 0 Å². The van der Waals surface area contributed by atoms with Crippen LogP contribution in [0.4, 0.5) is 11.4 Å². The van der Waals surface area contributed by atoms with E-state index in [4.69, 9.17) is 20.8 Å². The van der Waals surface area contributed by atoms with Crippen molar-refractivity contribution in [1.29, 1.82) is 0 Å². The average Bonchev–Trinajstić information content (AvgIpc) is 3.09. The fourth-order valence-electron chi connectivity index (χ4n) is 2.70. The molecular weight excluding hydrogens is 366 g/mol. The number of para-hydroxylation sites is 1. The van der Waals surface area contributed by atoms with Gasteiger partial charge in [0.2, 0.25) is 0 Å². The average molecular weight is 384 g/mol. The van der Waals surface area contributed by atoms with Crippen LogP contribution in [0.1, 0.15) is 28.6 Å². The zero-order valence-electron chi connectivity index (χ0n) is 14.9. The van der Waals surface area contributed by atoms with Gasteiger partial charge in [-0.3, -0.25) is 14.5 Å². The molecule has 3 aromatic rings. The van der Waals surface area contributed by atoms with Gasteiger partial charge in [-0.2, -0.15) is 0 Å². The molecule has 0 unspecified atom stereocenters. The van der Waals surface area contributed by atoms with E-state index in [9.17, 15) is 9.59 Å². The summed E-state index contributed by atoms with van der Waals surface area (Å²) >= 11 is 6.57. The number of anilines is 2. The molecule has 138 valence electrons. The van der Waals surface area contributed by atoms with Crippen molar-refractivity contribution in [1.82, 2.24) is 0 Å². The van der Waals surface area contributed by atoms with Crippen LogP contribution in [-0.2, 0) is 16.1 Å². The predicted molar refractivity (Wildman–Crippen MR) is 103 cm³/mol. The molecule has 0 N–H and O–H groups in total. The normalized spacial score (nSPS) is 10.5. The van der Waals surface area contributed by atoms with Gasteiger partial charge in [-0.15, -0.1) is 0 Å². The van der Waals surface area contributed by atoms with Crippen LogP contribution in [0.25, 0.3) is 0 Å². The summed E-state index contributed by atoms with van der Waals surface area (Å²) in [6, 6.07) is 16.1. The minimum Gasteiger partial charge on any atom is -0.469 e. The first-order valence-electron chi connectivity index (χ1n) is 8.33. The number of carbonyl (C=O) groups excluding carboxylic acids is 2. The van der Waals surface area contributed by atoms with E-state index >= 15 is 0 Å². The second-order valence-electron chi connectivity index (χ2n) is 5.90. The molecule has 1 aromatic heterocycles. The number of carbonyl (C=O) groups is 2. The minimum absolute atomic E-state index is 0.0313. The van der Waals surface area contributed by atoms with E-state index in [1.54, 1.807) is 31.2 Å². The Morgan fingerprint density at radius 1 is 1.07 bits per heavy atom. The standard InChI is InChI=1S/C21H18ClNO4/c1-14-18(11-12-26-14)21(25)23(17-8-4-3-5-9-17)19-10-6-7-16(20(19)22)13-27-15(2)24/h3-12H,13H2,1-2H3. The zero-order valence-corrected chi connectivity index (χ0v) is 15.7. The van der Waals surface area contributed by atoms with Gasteiger partial charge in [-0.25, -0.2) is 0 Å². The van der Waals surface area contributed by atoms with E-state index < -0.39 is 5.97 Å². The number of ether oxygens (including phenoxy) is 1. The molecule has 0 radical (unpaired) electrons. The van der Waals surface area contributed by atoms with Crippen LogP contribution in [0.3, 0.4) is 0 Å². The van der Waals surface area contributed by atoms with E-state index in [-0.39, 0.29) is 12.5 Å². The summed E-state index contributed by atoms with van der Waals surface area (Å²) in [5.74, 6) is -0.145. The summed E-state index contributed by atoms with van der Waals surface area (Å²) in [5.41, 5.74) is 2.22. The lowest BCUT2D eigenvalue weighted by molar-refractivity contribution is -0.142. The molecule has 0 aliphatic heterocycles. The molecule has 0 fully saturated rings. The lowest BCUT2D eigenvalue weighted by Crippen LogP contribution is -2.26. The highest BCUT2D eigenvalue weighted by Gasteiger charge is 2.25. The number of amides is 1. The summed E-state index contributed by atoms with van der Waals surface area (Å²) < 4.78 is 10.3. The first-order valence-corrected chi connectivity index (χ1v) is 8.71. The number of halogens is 1. The third kappa shape index (κ3) is 4.04. The van der Waals surface area contributed by atoms with Gasteiger partial charge in [-0.1, -0.05) is 41.9 Å². The van der Waals surface area contributed by atoms with Gasteiger partial charge in [0.05, 0.1) is 22.5 Å². The second-order valence-corrected chi connectivity index (χ2v) is 6.28. The highest BCUT2D eigenvalue weighted by Crippen LogP contribution is 2.36. The van der Waals surface area contributed by atoms with Crippen molar-refractivity contribution in [2.45, 2.75) is 20.5 Å². The van der Waals surface area contributed by atoms with E-state index in [0.717, 1.165) is 0 Å². The molecule has 0 spiro atoms. The van der Waals surface area contributed by atoms with Crippen molar-refractivity contribution in [2.75, 3.05) is 4.90 Å². The number of aryl methyl sites for hydroxylation is 1. The maximum Gasteiger partial charge on any atom is 0.302 e. The number of furan rings is 1. The maximum atomic E-state index is 13.3. The molecule has 27 heavy (non-hydrogen) atoms. The maximum absolute atomic E-state index is 13.3. The third-order valence-corrected chi connectivity index (χ3v) is 4.47. The van der Waals surface area contributed by atoms with Crippen molar-refractivity contribution >= 4 is 34.9 Å².